The molecular weight excluding hydrogens is 356 g/mol. The molecule has 3 heterocycles. The molecule has 1 amide bonds. The van der Waals surface area contributed by atoms with Crippen molar-refractivity contribution in [3.8, 4) is 0 Å². The van der Waals surface area contributed by atoms with Crippen LogP contribution in [0.2, 0.25) is 0 Å². The van der Waals surface area contributed by atoms with Gasteiger partial charge in [0.25, 0.3) is 5.91 Å². The van der Waals surface area contributed by atoms with E-state index in [9.17, 15) is 4.79 Å². The van der Waals surface area contributed by atoms with Gasteiger partial charge in [0, 0.05) is 26.2 Å². The normalized spacial score (nSPS) is 21.7. The van der Waals surface area contributed by atoms with Crippen LogP contribution in [0.15, 0.2) is 30.3 Å². The summed E-state index contributed by atoms with van der Waals surface area (Å²) in [5.74, 6) is 1.68. The van der Waals surface area contributed by atoms with Gasteiger partial charge in [0.2, 0.25) is 0 Å². The first-order valence-electron chi connectivity index (χ1n) is 10.0. The lowest BCUT2D eigenvalue weighted by Crippen LogP contribution is -2.40. The summed E-state index contributed by atoms with van der Waals surface area (Å²) in [5, 5.41) is 3.97. The maximum Gasteiger partial charge on any atom is 0.267 e. The van der Waals surface area contributed by atoms with Gasteiger partial charge in [-0.05, 0) is 68.1 Å². The van der Waals surface area contributed by atoms with Gasteiger partial charge in [-0.1, -0.05) is 34.8 Å². The summed E-state index contributed by atoms with van der Waals surface area (Å²) in [4.78, 5) is 18.0. The van der Waals surface area contributed by atoms with Gasteiger partial charge in [0.15, 0.2) is 0 Å². The fourth-order valence-electron chi connectivity index (χ4n) is 4.53. The lowest BCUT2D eigenvalue weighted by atomic mass is 9.83. The number of nitrogens with zero attached hydrogens (tertiary/aromatic N) is 4. The monoisotopic (exact) mass is 384 g/mol. The molecule has 4 rings (SSSR count). The molecule has 0 aliphatic carbocycles. The number of carbonyl (C=O) groups is 1. The predicted octanol–water partition coefficient (Wildman–Crippen LogP) is 3.26. The number of amides is 1. The van der Waals surface area contributed by atoms with E-state index in [1.54, 1.807) is 0 Å². The van der Waals surface area contributed by atoms with Crippen molar-refractivity contribution in [1.29, 1.82) is 0 Å². The molecule has 2 aliphatic rings. The van der Waals surface area contributed by atoms with Gasteiger partial charge in [0.1, 0.15) is 4.88 Å². The average Bonchev–Trinajstić information content (AvgIpc) is 3.36. The fourth-order valence-corrected chi connectivity index (χ4v) is 5.15. The summed E-state index contributed by atoms with van der Waals surface area (Å²) in [7, 11) is 0. The number of aryl methyl sites for hydroxylation is 1. The largest absolute Gasteiger partial charge is 0.338 e. The highest BCUT2D eigenvalue weighted by atomic mass is 32.1. The fraction of sp³-hybridized carbons (Fsp3) is 0.571. The second-order valence-electron chi connectivity index (χ2n) is 7.90. The van der Waals surface area contributed by atoms with Crippen molar-refractivity contribution in [2.24, 2.45) is 11.8 Å². The van der Waals surface area contributed by atoms with Crippen molar-refractivity contribution >= 4 is 17.4 Å². The number of carbonyl (C=O) groups excluding carboxylic acids is 1. The van der Waals surface area contributed by atoms with Gasteiger partial charge in [-0.3, -0.25) is 4.79 Å². The smallest absolute Gasteiger partial charge is 0.267 e. The molecule has 1 aromatic heterocycles. The second kappa shape index (κ2) is 8.48. The molecule has 0 spiro atoms. The van der Waals surface area contributed by atoms with Crippen molar-refractivity contribution in [2.75, 3.05) is 32.7 Å². The van der Waals surface area contributed by atoms with Crippen molar-refractivity contribution in [1.82, 2.24) is 19.4 Å². The van der Waals surface area contributed by atoms with E-state index >= 15 is 0 Å². The second-order valence-corrected chi connectivity index (χ2v) is 8.66. The number of piperidine rings is 1. The molecule has 2 aliphatic heterocycles. The van der Waals surface area contributed by atoms with E-state index in [0.29, 0.717) is 4.88 Å². The number of benzene rings is 1. The minimum Gasteiger partial charge on any atom is -0.338 e. The Morgan fingerprint density at radius 3 is 2.56 bits per heavy atom. The molecule has 5 nitrogen and oxygen atoms in total. The topological polar surface area (TPSA) is 49.3 Å². The standard InChI is InChI=1S/C21H28N4OS/c1-16-20(27-23-22-16)21(26)25-13-9-18(10-14-25)19-8-12-24(15-19)11-7-17-5-3-2-4-6-17/h2-6,18-19H,7-15H2,1H3/t19-/m1/s1. The molecule has 6 heteroatoms. The highest BCUT2D eigenvalue weighted by Gasteiger charge is 2.33. The van der Waals surface area contributed by atoms with Gasteiger partial charge in [-0.15, -0.1) is 5.10 Å². The Hall–Kier alpha value is -1.79. The molecule has 144 valence electrons. The molecule has 0 unspecified atom stereocenters. The van der Waals surface area contributed by atoms with Crippen molar-refractivity contribution in [2.45, 2.75) is 32.6 Å². The van der Waals surface area contributed by atoms with Gasteiger partial charge >= 0.3 is 0 Å². The van der Waals surface area contributed by atoms with E-state index in [1.165, 1.54) is 36.6 Å². The first-order chi connectivity index (χ1) is 13.2. The summed E-state index contributed by atoms with van der Waals surface area (Å²) < 4.78 is 3.90. The van der Waals surface area contributed by atoms with Crippen LogP contribution in [-0.2, 0) is 6.42 Å². The Morgan fingerprint density at radius 2 is 1.85 bits per heavy atom. The minimum absolute atomic E-state index is 0.122. The van der Waals surface area contributed by atoms with Gasteiger partial charge in [-0.25, -0.2) is 0 Å². The lowest BCUT2D eigenvalue weighted by molar-refractivity contribution is 0.0663. The van der Waals surface area contributed by atoms with Gasteiger partial charge in [0.05, 0.1) is 5.69 Å². The molecule has 0 radical (unpaired) electrons. The SMILES string of the molecule is Cc1nnsc1C(=O)N1CCC([C@@H]2CCN(CCc3ccccc3)C2)CC1. The quantitative estimate of drug-likeness (QED) is 0.794. The van der Waals surface area contributed by atoms with E-state index in [2.05, 4.69) is 44.8 Å². The molecule has 1 atom stereocenters. The van der Waals surface area contributed by atoms with Gasteiger partial charge < -0.3 is 9.80 Å². The lowest BCUT2D eigenvalue weighted by Gasteiger charge is -2.34. The summed E-state index contributed by atoms with van der Waals surface area (Å²) >= 11 is 1.22. The van der Waals surface area contributed by atoms with Gasteiger partial charge in [-0.2, -0.15) is 0 Å². The first kappa shape index (κ1) is 18.6. The third-order valence-electron chi connectivity index (χ3n) is 6.21. The number of rotatable bonds is 5. The number of aromatic nitrogens is 2. The minimum atomic E-state index is 0.122. The van der Waals surface area contributed by atoms with E-state index < -0.39 is 0 Å². The van der Waals surface area contributed by atoms with E-state index in [1.807, 2.05) is 11.8 Å². The molecule has 2 saturated heterocycles. The Bertz CT molecular complexity index is 755. The Kier molecular flexibility index (Phi) is 5.83. The molecule has 0 bridgehead atoms. The third kappa shape index (κ3) is 4.38. The Balaban J connectivity index is 1.23. The Labute approximate surface area is 165 Å². The number of likely N-dealkylation sites (tertiary alicyclic amines) is 2. The first-order valence-corrected chi connectivity index (χ1v) is 10.8. The maximum absolute atomic E-state index is 12.6. The molecular formula is C21H28N4OS. The van der Waals surface area contributed by atoms with E-state index in [0.717, 1.165) is 56.4 Å². The summed E-state index contributed by atoms with van der Waals surface area (Å²) in [6.45, 7) is 7.23. The van der Waals surface area contributed by atoms with Crippen LogP contribution in [-0.4, -0.2) is 58.0 Å². The highest BCUT2D eigenvalue weighted by Crippen LogP contribution is 2.32. The van der Waals surface area contributed by atoms with Crippen LogP contribution in [0.5, 0.6) is 0 Å². The number of hydrogen-bond donors (Lipinski definition) is 0. The highest BCUT2D eigenvalue weighted by molar-refractivity contribution is 7.07. The molecule has 0 N–H and O–H groups in total. The van der Waals surface area contributed by atoms with Crippen LogP contribution in [0, 0.1) is 18.8 Å². The van der Waals surface area contributed by atoms with Crippen LogP contribution >= 0.6 is 11.5 Å². The molecule has 27 heavy (non-hydrogen) atoms. The van der Waals surface area contributed by atoms with Crippen molar-refractivity contribution < 1.29 is 4.79 Å². The zero-order valence-electron chi connectivity index (χ0n) is 16.0. The van der Waals surface area contributed by atoms with Crippen molar-refractivity contribution in [3.05, 3.63) is 46.5 Å². The molecule has 2 aromatic rings. The molecule has 0 saturated carbocycles. The third-order valence-corrected chi connectivity index (χ3v) is 7.02. The van der Waals surface area contributed by atoms with Crippen LogP contribution in [0.1, 0.15) is 40.2 Å². The molecule has 1 aromatic carbocycles. The number of hydrogen-bond acceptors (Lipinski definition) is 5. The summed E-state index contributed by atoms with van der Waals surface area (Å²) in [5.41, 5.74) is 2.19. The zero-order valence-corrected chi connectivity index (χ0v) is 16.8. The van der Waals surface area contributed by atoms with Crippen LogP contribution in [0.25, 0.3) is 0 Å². The van der Waals surface area contributed by atoms with Crippen LogP contribution < -0.4 is 0 Å². The summed E-state index contributed by atoms with van der Waals surface area (Å²) in [6, 6.07) is 10.8. The predicted molar refractivity (Wildman–Crippen MR) is 108 cm³/mol. The molecule has 2 fully saturated rings. The van der Waals surface area contributed by atoms with Crippen LogP contribution in [0.4, 0.5) is 0 Å². The average molecular weight is 385 g/mol. The summed E-state index contributed by atoms with van der Waals surface area (Å²) in [6.07, 6.45) is 4.72. The Morgan fingerprint density at radius 1 is 1.11 bits per heavy atom. The van der Waals surface area contributed by atoms with Crippen molar-refractivity contribution in [3.63, 3.8) is 0 Å². The maximum atomic E-state index is 12.6. The van der Waals surface area contributed by atoms with E-state index in [-0.39, 0.29) is 5.91 Å². The van der Waals surface area contributed by atoms with E-state index in [4.69, 9.17) is 0 Å². The van der Waals surface area contributed by atoms with Crippen LogP contribution in [0.3, 0.4) is 0 Å². The zero-order chi connectivity index (χ0) is 18.6.